The van der Waals surface area contributed by atoms with Crippen molar-refractivity contribution in [1.29, 1.82) is 0 Å². The van der Waals surface area contributed by atoms with Gasteiger partial charge in [0.15, 0.2) is 0 Å². The maximum atomic E-state index is 14.6. The Morgan fingerprint density at radius 3 is 3.00 bits per heavy atom. The SMILES string of the molecule is COc1cccc(C2(F)CC(C)CCO2)c1. The molecule has 2 nitrogen and oxygen atoms in total. The zero-order valence-electron chi connectivity index (χ0n) is 9.70. The van der Waals surface area contributed by atoms with Crippen molar-refractivity contribution >= 4 is 0 Å². The minimum Gasteiger partial charge on any atom is -0.497 e. The fraction of sp³-hybridized carbons (Fsp3) is 0.538. The molecule has 0 bridgehead atoms. The Hall–Kier alpha value is -1.09. The van der Waals surface area contributed by atoms with Crippen LogP contribution in [0.4, 0.5) is 4.39 Å². The number of methoxy groups -OCH3 is 1. The third-order valence-corrected chi connectivity index (χ3v) is 3.05. The first-order valence-electron chi connectivity index (χ1n) is 5.61. The maximum Gasteiger partial charge on any atom is 0.235 e. The van der Waals surface area contributed by atoms with E-state index in [1.807, 2.05) is 0 Å². The Morgan fingerprint density at radius 2 is 2.31 bits per heavy atom. The highest BCUT2D eigenvalue weighted by atomic mass is 19.2. The van der Waals surface area contributed by atoms with E-state index >= 15 is 0 Å². The predicted octanol–water partition coefficient (Wildman–Crippen LogP) is 3.26. The van der Waals surface area contributed by atoms with Crippen LogP contribution in [0.2, 0.25) is 0 Å². The van der Waals surface area contributed by atoms with Crippen molar-refractivity contribution in [2.75, 3.05) is 13.7 Å². The number of ether oxygens (including phenoxy) is 2. The van der Waals surface area contributed by atoms with E-state index in [2.05, 4.69) is 6.92 Å². The summed E-state index contributed by atoms with van der Waals surface area (Å²) in [5, 5.41) is 0. The first kappa shape index (κ1) is 11.4. The lowest BCUT2D eigenvalue weighted by atomic mass is 9.91. The smallest absolute Gasteiger partial charge is 0.235 e. The molecule has 2 unspecified atom stereocenters. The van der Waals surface area contributed by atoms with Crippen LogP contribution in [0.15, 0.2) is 24.3 Å². The highest BCUT2D eigenvalue weighted by molar-refractivity contribution is 5.31. The van der Waals surface area contributed by atoms with Crippen molar-refractivity contribution in [2.45, 2.75) is 25.6 Å². The maximum absolute atomic E-state index is 14.6. The largest absolute Gasteiger partial charge is 0.497 e. The number of hydrogen-bond donors (Lipinski definition) is 0. The first-order valence-corrected chi connectivity index (χ1v) is 5.61. The van der Waals surface area contributed by atoms with Gasteiger partial charge in [-0.05, 0) is 24.5 Å². The van der Waals surface area contributed by atoms with E-state index in [9.17, 15) is 4.39 Å². The lowest BCUT2D eigenvalue weighted by Gasteiger charge is -2.33. The summed E-state index contributed by atoms with van der Waals surface area (Å²) in [5.74, 6) is -0.632. The van der Waals surface area contributed by atoms with Gasteiger partial charge in [0.25, 0.3) is 0 Å². The van der Waals surface area contributed by atoms with Gasteiger partial charge in [-0.1, -0.05) is 19.1 Å². The number of benzene rings is 1. The summed E-state index contributed by atoms with van der Waals surface area (Å²) < 4.78 is 25.0. The highest BCUT2D eigenvalue weighted by Gasteiger charge is 2.38. The lowest BCUT2D eigenvalue weighted by Crippen LogP contribution is -2.32. The Morgan fingerprint density at radius 1 is 1.50 bits per heavy atom. The molecule has 3 heteroatoms. The molecule has 88 valence electrons. The third-order valence-electron chi connectivity index (χ3n) is 3.05. The summed E-state index contributed by atoms with van der Waals surface area (Å²) >= 11 is 0. The molecule has 0 spiro atoms. The summed E-state index contributed by atoms with van der Waals surface area (Å²) in [5.41, 5.74) is 0.554. The highest BCUT2D eigenvalue weighted by Crippen LogP contribution is 2.39. The molecule has 2 atom stereocenters. The van der Waals surface area contributed by atoms with Crippen LogP contribution in [-0.2, 0) is 10.6 Å². The van der Waals surface area contributed by atoms with E-state index in [-0.39, 0.29) is 0 Å². The second-order valence-corrected chi connectivity index (χ2v) is 4.41. The molecule has 2 rings (SSSR count). The molecule has 0 aromatic heterocycles. The van der Waals surface area contributed by atoms with Crippen molar-refractivity contribution in [3.8, 4) is 5.75 Å². The van der Waals surface area contributed by atoms with E-state index in [0.717, 1.165) is 6.42 Å². The van der Waals surface area contributed by atoms with E-state index in [1.54, 1.807) is 31.4 Å². The van der Waals surface area contributed by atoms with Crippen LogP contribution in [-0.4, -0.2) is 13.7 Å². The summed E-state index contributed by atoms with van der Waals surface area (Å²) in [4.78, 5) is 0. The quantitative estimate of drug-likeness (QED) is 0.767. The van der Waals surface area contributed by atoms with Crippen LogP contribution >= 0.6 is 0 Å². The van der Waals surface area contributed by atoms with Crippen LogP contribution in [0.5, 0.6) is 5.75 Å². The molecule has 1 heterocycles. The van der Waals surface area contributed by atoms with Gasteiger partial charge in [0.05, 0.1) is 13.7 Å². The van der Waals surface area contributed by atoms with Gasteiger partial charge in [0, 0.05) is 12.0 Å². The summed E-state index contributed by atoms with van der Waals surface area (Å²) in [7, 11) is 1.58. The molecular weight excluding hydrogens is 207 g/mol. The van der Waals surface area contributed by atoms with Gasteiger partial charge in [0.1, 0.15) is 5.75 Å². The summed E-state index contributed by atoms with van der Waals surface area (Å²) in [6.07, 6.45) is 1.34. The number of alkyl halides is 1. The molecule has 0 amide bonds. The average molecular weight is 224 g/mol. The molecule has 0 aliphatic carbocycles. The van der Waals surface area contributed by atoms with Crippen LogP contribution < -0.4 is 4.74 Å². The Balaban J connectivity index is 2.27. The van der Waals surface area contributed by atoms with Crippen molar-refractivity contribution < 1.29 is 13.9 Å². The van der Waals surface area contributed by atoms with Crippen molar-refractivity contribution in [3.63, 3.8) is 0 Å². The molecule has 1 saturated heterocycles. The van der Waals surface area contributed by atoms with E-state index in [0.29, 0.717) is 30.3 Å². The van der Waals surface area contributed by atoms with Gasteiger partial charge >= 0.3 is 0 Å². The van der Waals surface area contributed by atoms with Crippen molar-refractivity contribution in [2.24, 2.45) is 5.92 Å². The van der Waals surface area contributed by atoms with Gasteiger partial charge in [-0.2, -0.15) is 0 Å². The normalized spacial score (nSPS) is 30.1. The topological polar surface area (TPSA) is 18.5 Å². The molecule has 0 N–H and O–H groups in total. The monoisotopic (exact) mass is 224 g/mol. The second-order valence-electron chi connectivity index (χ2n) is 4.41. The lowest BCUT2D eigenvalue weighted by molar-refractivity contribution is -0.190. The summed E-state index contributed by atoms with van der Waals surface area (Å²) in [6.45, 7) is 2.53. The second kappa shape index (κ2) is 4.42. The zero-order valence-corrected chi connectivity index (χ0v) is 9.70. The Labute approximate surface area is 95.4 Å². The average Bonchev–Trinajstić information content (AvgIpc) is 2.29. The van der Waals surface area contributed by atoms with Crippen molar-refractivity contribution in [1.82, 2.24) is 0 Å². The van der Waals surface area contributed by atoms with Gasteiger partial charge in [-0.3, -0.25) is 0 Å². The standard InChI is InChI=1S/C13H17FO2/c1-10-6-7-16-13(14,9-10)11-4-3-5-12(8-11)15-2/h3-5,8,10H,6-7,9H2,1-2H3. The van der Waals surface area contributed by atoms with Gasteiger partial charge in [0.2, 0.25) is 5.85 Å². The fourth-order valence-corrected chi connectivity index (χ4v) is 2.09. The molecular formula is C13H17FO2. The van der Waals surface area contributed by atoms with E-state index < -0.39 is 5.85 Å². The number of hydrogen-bond acceptors (Lipinski definition) is 2. The Bertz CT molecular complexity index is 367. The first-order chi connectivity index (χ1) is 7.64. The van der Waals surface area contributed by atoms with Crippen LogP contribution in [0.1, 0.15) is 25.3 Å². The zero-order chi connectivity index (χ0) is 11.6. The van der Waals surface area contributed by atoms with Crippen LogP contribution in [0.25, 0.3) is 0 Å². The minimum absolute atomic E-state index is 0.352. The summed E-state index contributed by atoms with van der Waals surface area (Å²) in [6, 6.07) is 7.05. The predicted molar refractivity (Wildman–Crippen MR) is 60.1 cm³/mol. The molecule has 1 aromatic carbocycles. The molecule has 1 fully saturated rings. The third kappa shape index (κ3) is 2.19. The van der Waals surface area contributed by atoms with Crippen molar-refractivity contribution in [3.05, 3.63) is 29.8 Å². The van der Waals surface area contributed by atoms with Crippen LogP contribution in [0, 0.1) is 5.92 Å². The molecule has 1 aliphatic heterocycles. The molecule has 0 saturated carbocycles. The van der Waals surface area contributed by atoms with Crippen LogP contribution in [0.3, 0.4) is 0 Å². The van der Waals surface area contributed by atoms with Gasteiger partial charge < -0.3 is 9.47 Å². The van der Waals surface area contributed by atoms with Gasteiger partial charge in [-0.15, -0.1) is 0 Å². The molecule has 16 heavy (non-hydrogen) atoms. The minimum atomic E-state index is -1.65. The van der Waals surface area contributed by atoms with E-state index in [4.69, 9.17) is 9.47 Å². The molecule has 0 radical (unpaired) electrons. The fourth-order valence-electron chi connectivity index (χ4n) is 2.09. The van der Waals surface area contributed by atoms with E-state index in [1.165, 1.54) is 0 Å². The number of rotatable bonds is 2. The molecule has 1 aliphatic rings. The molecule has 1 aromatic rings. The van der Waals surface area contributed by atoms with Gasteiger partial charge in [-0.25, -0.2) is 4.39 Å². The Kier molecular flexibility index (Phi) is 3.15. The number of halogens is 1.